The molecule has 3 aromatic rings. The Labute approximate surface area is 172 Å². The fourth-order valence-electron chi connectivity index (χ4n) is 2.93. The van der Waals surface area contributed by atoms with Crippen molar-refractivity contribution < 1.29 is 13.2 Å². The lowest BCUT2D eigenvalue weighted by Crippen LogP contribution is -2.26. The van der Waals surface area contributed by atoms with Gasteiger partial charge in [-0.15, -0.1) is 0 Å². The number of sulfonamides is 1. The van der Waals surface area contributed by atoms with Crippen LogP contribution in [0.15, 0.2) is 77.7 Å². The summed E-state index contributed by atoms with van der Waals surface area (Å²) in [7, 11) is -1.95. The molecular weight excluding hydrogens is 384 g/mol. The largest absolute Gasteiger partial charge is 0.337 e. The molecule has 0 fully saturated rings. The summed E-state index contributed by atoms with van der Waals surface area (Å²) in [5, 5.41) is 0. The Morgan fingerprint density at radius 1 is 0.897 bits per heavy atom. The molecule has 0 aliphatic heterocycles. The Morgan fingerprint density at radius 2 is 1.55 bits per heavy atom. The third kappa shape index (κ3) is 5.03. The van der Waals surface area contributed by atoms with Crippen LogP contribution < -0.4 is 4.72 Å². The maximum atomic E-state index is 12.6. The van der Waals surface area contributed by atoms with Crippen LogP contribution in [-0.2, 0) is 16.6 Å². The van der Waals surface area contributed by atoms with Gasteiger partial charge in [0.05, 0.1) is 4.90 Å². The second-order valence-electron chi connectivity index (χ2n) is 7.08. The fourth-order valence-corrected chi connectivity index (χ4v) is 4.07. The lowest BCUT2D eigenvalue weighted by atomic mass is 10.1. The predicted molar refractivity (Wildman–Crippen MR) is 115 cm³/mol. The molecule has 0 atom stereocenters. The van der Waals surface area contributed by atoms with Gasteiger partial charge in [0.1, 0.15) is 0 Å². The fraction of sp³-hybridized carbons (Fsp3) is 0.174. The van der Waals surface area contributed by atoms with Crippen molar-refractivity contribution in [3.05, 3.63) is 95.1 Å². The highest BCUT2D eigenvalue weighted by atomic mass is 32.2. The van der Waals surface area contributed by atoms with Gasteiger partial charge in [0, 0.05) is 24.8 Å². The first-order chi connectivity index (χ1) is 13.8. The van der Waals surface area contributed by atoms with E-state index in [9.17, 15) is 13.2 Å². The summed E-state index contributed by atoms with van der Waals surface area (Å²) in [4.78, 5) is 14.5. The first kappa shape index (κ1) is 20.6. The van der Waals surface area contributed by atoms with Crippen LogP contribution in [0.25, 0.3) is 0 Å². The lowest BCUT2D eigenvalue weighted by molar-refractivity contribution is 0.0785. The van der Waals surface area contributed by atoms with E-state index in [0.29, 0.717) is 17.8 Å². The minimum atomic E-state index is -3.69. The number of rotatable bonds is 6. The van der Waals surface area contributed by atoms with E-state index < -0.39 is 10.0 Å². The molecular formula is C23H24N2O3S. The van der Waals surface area contributed by atoms with E-state index in [1.807, 2.05) is 44.2 Å². The second-order valence-corrected chi connectivity index (χ2v) is 8.76. The van der Waals surface area contributed by atoms with Crippen LogP contribution in [-0.4, -0.2) is 26.3 Å². The molecule has 1 N–H and O–H groups in total. The minimum Gasteiger partial charge on any atom is -0.337 e. The molecule has 0 saturated heterocycles. The monoisotopic (exact) mass is 408 g/mol. The number of amides is 1. The van der Waals surface area contributed by atoms with Crippen molar-refractivity contribution >= 4 is 21.6 Å². The quantitative estimate of drug-likeness (QED) is 0.658. The number of aryl methyl sites for hydroxylation is 2. The number of nitrogens with zero attached hydrogens (tertiary/aromatic N) is 1. The zero-order valence-electron chi connectivity index (χ0n) is 16.7. The number of anilines is 1. The van der Waals surface area contributed by atoms with Gasteiger partial charge >= 0.3 is 0 Å². The number of carbonyl (C=O) groups excluding carboxylic acids is 1. The standard InChI is InChI=1S/C23H24N2O3S/c1-17-9-14-22(15-18(17)2)29(27,28)24-21-12-10-20(11-13-21)23(26)25(3)16-19-7-5-4-6-8-19/h4-15,24H,16H2,1-3H3. The molecule has 0 heterocycles. The average molecular weight is 409 g/mol. The molecule has 0 aliphatic rings. The number of benzene rings is 3. The number of nitrogens with one attached hydrogen (secondary N) is 1. The molecule has 0 unspecified atom stereocenters. The van der Waals surface area contributed by atoms with Gasteiger partial charge in [-0.2, -0.15) is 0 Å². The van der Waals surface area contributed by atoms with E-state index >= 15 is 0 Å². The lowest BCUT2D eigenvalue weighted by Gasteiger charge is -2.17. The zero-order valence-corrected chi connectivity index (χ0v) is 17.5. The highest BCUT2D eigenvalue weighted by molar-refractivity contribution is 7.92. The molecule has 150 valence electrons. The number of hydrogen-bond donors (Lipinski definition) is 1. The van der Waals surface area contributed by atoms with Crippen LogP contribution in [0, 0.1) is 13.8 Å². The summed E-state index contributed by atoms with van der Waals surface area (Å²) in [6.07, 6.45) is 0. The van der Waals surface area contributed by atoms with Gasteiger partial charge in [0.25, 0.3) is 15.9 Å². The minimum absolute atomic E-state index is 0.127. The van der Waals surface area contributed by atoms with Crippen molar-refractivity contribution in [2.24, 2.45) is 0 Å². The van der Waals surface area contributed by atoms with Gasteiger partial charge in [0.15, 0.2) is 0 Å². The van der Waals surface area contributed by atoms with E-state index in [1.165, 1.54) is 0 Å². The van der Waals surface area contributed by atoms with Crippen LogP contribution >= 0.6 is 0 Å². The molecule has 0 aromatic heterocycles. The van der Waals surface area contributed by atoms with Gasteiger partial charge in [0.2, 0.25) is 0 Å². The zero-order chi connectivity index (χ0) is 21.0. The third-order valence-corrected chi connectivity index (χ3v) is 6.16. The van der Waals surface area contributed by atoms with Crippen molar-refractivity contribution in [3.8, 4) is 0 Å². The van der Waals surface area contributed by atoms with Gasteiger partial charge in [-0.25, -0.2) is 8.42 Å². The summed E-state index contributed by atoms with van der Waals surface area (Å²) in [6.45, 7) is 4.31. The molecule has 0 bridgehead atoms. The molecule has 1 amide bonds. The van der Waals surface area contributed by atoms with Gasteiger partial charge < -0.3 is 4.90 Å². The Morgan fingerprint density at radius 3 is 2.17 bits per heavy atom. The maximum absolute atomic E-state index is 12.6. The van der Waals surface area contributed by atoms with E-state index in [4.69, 9.17) is 0 Å². The first-order valence-corrected chi connectivity index (χ1v) is 10.7. The summed E-state index contributed by atoms with van der Waals surface area (Å²) >= 11 is 0. The Balaban J connectivity index is 1.70. The van der Waals surface area contributed by atoms with Crippen LogP contribution in [0.2, 0.25) is 0 Å². The summed E-state index contributed by atoms with van der Waals surface area (Å²) < 4.78 is 27.8. The molecule has 3 aromatic carbocycles. The third-order valence-electron chi connectivity index (χ3n) is 4.78. The molecule has 0 radical (unpaired) electrons. The maximum Gasteiger partial charge on any atom is 0.261 e. The summed E-state index contributed by atoms with van der Waals surface area (Å²) in [5.41, 5.74) is 3.89. The van der Waals surface area contributed by atoms with Gasteiger partial charge in [-0.3, -0.25) is 9.52 Å². The van der Waals surface area contributed by atoms with Crippen molar-refractivity contribution in [1.82, 2.24) is 4.90 Å². The van der Waals surface area contributed by atoms with Crippen molar-refractivity contribution in [1.29, 1.82) is 0 Å². The van der Waals surface area contributed by atoms with Crippen molar-refractivity contribution in [3.63, 3.8) is 0 Å². The smallest absolute Gasteiger partial charge is 0.261 e. The molecule has 0 spiro atoms. The highest BCUT2D eigenvalue weighted by Crippen LogP contribution is 2.20. The Hall–Kier alpha value is -3.12. The van der Waals surface area contributed by atoms with Crippen LogP contribution in [0.1, 0.15) is 27.0 Å². The first-order valence-electron chi connectivity index (χ1n) is 9.26. The molecule has 0 aliphatic carbocycles. The Kier molecular flexibility index (Phi) is 6.03. The molecule has 5 nitrogen and oxygen atoms in total. The predicted octanol–water partition coefficient (Wildman–Crippen LogP) is 4.38. The Bertz CT molecular complexity index is 1110. The number of hydrogen-bond acceptors (Lipinski definition) is 3. The molecule has 6 heteroatoms. The molecule has 29 heavy (non-hydrogen) atoms. The molecule has 3 rings (SSSR count). The van der Waals surface area contributed by atoms with Crippen molar-refractivity contribution in [2.45, 2.75) is 25.3 Å². The highest BCUT2D eigenvalue weighted by Gasteiger charge is 2.16. The summed E-state index contributed by atoms with van der Waals surface area (Å²) in [5.74, 6) is -0.127. The van der Waals surface area contributed by atoms with E-state index in [2.05, 4.69) is 4.72 Å². The normalized spacial score (nSPS) is 11.1. The summed E-state index contributed by atoms with van der Waals surface area (Å²) in [6, 6.07) is 21.2. The van der Waals surface area contributed by atoms with Crippen LogP contribution in [0.4, 0.5) is 5.69 Å². The topological polar surface area (TPSA) is 66.5 Å². The second kappa shape index (κ2) is 8.49. The van der Waals surface area contributed by atoms with Gasteiger partial charge in [-0.1, -0.05) is 36.4 Å². The van der Waals surface area contributed by atoms with Crippen LogP contribution in [0.5, 0.6) is 0 Å². The SMILES string of the molecule is Cc1ccc(S(=O)(=O)Nc2ccc(C(=O)N(C)Cc3ccccc3)cc2)cc1C. The van der Waals surface area contributed by atoms with E-state index in [1.54, 1.807) is 54.4 Å². The average Bonchev–Trinajstić information content (AvgIpc) is 2.70. The van der Waals surface area contributed by atoms with Crippen LogP contribution in [0.3, 0.4) is 0 Å². The van der Waals surface area contributed by atoms with Crippen molar-refractivity contribution in [2.75, 3.05) is 11.8 Å². The molecule has 0 saturated carbocycles. The van der Waals surface area contributed by atoms with E-state index in [0.717, 1.165) is 16.7 Å². The van der Waals surface area contributed by atoms with E-state index in [-0.39, 0.29) is 10.8 Å². The van der Waals surface area contributed by atoms with Gasteiger partial charge in [-0.05, 0) is 66.9 Å². The number of carbonyl (C=O) groups is 1.